The third-order valence-corrected chi connectivity index (χ3v) is 3.67. The molecule has 2 unspecified atom stereocenters. The molecule has 3 nitrogen and oxygen atoms in total. The van der Waals surface area contributed by atoms with Crippen LogP contribution in [0.15, 0.2) is 0 Å². The Morgan fingerprint density at radius 3 is 2.67 bits per heavy atom. The Morgan fingerprint density at radius 1 is 1.47 bits per heavy atom. The zero-order chi connectivity index (χ0) is 11.3. The van der Waals surface area contributed by atoms with Crippen molar-refractivity contribution in [1.82, 2.24) is 4.90 Å². The van der Waals surface area contributed by atoms with Gasteiger partial charge in [0.25, 0.3) is 0 Å². The Labute approximate surface area is 94.0 Å². The summed E-state index contributed by atoms with van der Waals surface area (Å²) in [6.45, 7) is 10.3. The predicted molar refractivity (Wildman–Crippen MR) is 64.0 cm³/mol. The summed E-state index contributed by atoms with van der Waals surface area (Å²) in [6.07, 6.45) is 3.90. The van der Waals surface area contributed by atoms with Gasteiger partial charge in [0.2, 0.25) is 0 Å². The maximum absolute atomic E-state index is 6.00. The van der Waals surface area contributed by atoms with Crippen LogP contribution in [-0.4, -0.2) is 42.8 Å². The third-order valence-electron chi connectivity index (χ3n) is 3.67. The summed E-state index contributed by atoms with van der Waals surface area (Å²) in [7, 11) is 0. The molecule has 15 heavy (non-hydrogen) atoms. The Morgan fingerprint density at radius 2 is 2.20 bits per heavy atom. The van der Waals surface area contributed by atoms with Gasteiger partial charge in [-0.3, -0.25) is 4.90 Å². The highest BCUT2D eigenvalue weighted by atomic mass is 16.5. The molecule has 2 N–H and O–H groups in total. The molecule has 1 fully saturated rings. The molecule has 90 valence electrons. The summed E-state index contributed by atoms with van der Waals surface area (Å²) >= 11 is 0. The molecule has 0 amide bonds. The Bertz CT molecular complexity index is 180. The van der Waals surface area contributed by atoms with Gasteiger partial charge in [-0.2, -0.15) is 0 Å². The quantitative estimate of drug-likeness (QED) is 0.755. The van der Waals surface area contributed by atoms with Crippen LogP contribution in [0.3, 0.4) is 0 Å². The summed E-state index contributed by atoms with van der Waals surface area (Å²) in [6, 6.07) is 0. The fourth-order valence-electron chi connectivity index (χ4n) is 2.65. The number of ether oxygens (including phenoxy) is 1. The monoisotopic (exact) mass is 214 g/mol. The van der Waals surface area contributed by atoms with Crippen LogP contribution in [0.1, 0.15) is 40.0 Å². The van der Waals surface area contributed by atoms with Crippen molar-refractivity contribution >= 4 is 0 Å². The molecule has 0 radical (unpaired) electrons. The molecule has 1 aliphatic heterocycles. The summed E-state index contributed by atoms with van der Waals surface area (Å²) in [4.78, 5) is 2.55. The molecule has 0 aliphatic carbocycles. The van der Waals surface area contributed by atoms with Crippen molar-refractivity contribution in [3.63, 3.8) is 0 Å². The summed E-state index contributed by atoms with van der Waals surface area (Å²) in [5.74, 6) is 0. The van der Waals surface area contributed by atoms with Crippen LogP contribution in [-0.2, 0) is 4.74 Å². The van der Waals surface area contributed by atoms with Gasteiger partial charge in [0.15, 0.2) is 0 Å². The van der Waals surface area contributed by atoms with Crippen molar-refractivity contribution in [2.45, 2.75) is 51.7 Å². The van der Waals surface area contributed by atoms with Gasteiger partial charge in [0, 0.05) is 25.2 Å². The molecule has 0 aromatic carbocycles. The van der Waals surface area contributed by atoms with E-state index in [0.717, 1.165) is 32.7 Å². The second kappa shape index (κ2) is 5.83. The Hall–Kier alpha value is -0.120. The van der Waals surface area contributed by atoms with Crippen molar-refractivity contribution in [3.05, 3.63) is 0 Å². The summed E-state index contributed by atoms with van der Waals surface area (Å²) in [5.41, 5.74) is 6.21. The minimum atomic E-state index is 0.215. The van der Waals surface area contributed by atoms with E-state index < -0.39 is 0 Å². The highest BCUT2D eigenvalue weighted by Crippen LogP contribution is 2.26. The van der Waals surface area contributed by atoms with E-state index in [9.17, 15) is 0 Å². The molecule has 2 atom stereocenters. The highest BCUT2D eigenvalue weighted by Gasteiger charge is 2.35. The van der Waals surface area contributed by atoms with Crippen LogP contribution >= 0.6 is 0 Å². The molecule has 0 spiro atoms. The van der Waals surface area contributed by atoms with Crippen LogP contribution in [0.5, 0.6) is 0 Å². The first-order chi connectivity index (χ1) is 7.18. The van der Waals surface area contributed by atoms with E-state index in [1.54, 1.807) is 0 Å². The Balaban J connectivity index is 2.68. The second-order valence-electron chi connectivity index (χ2n) is 4.66. The van der Waals surface area contributed by atoms with E-state index in [1.165, 1.54) is 12.8 Å². The largest absolute Gasteiger partial charge is 0.376 e. The second-order valence-corrected chi connectivity index (χ2v) is 4.66. The topological polar surface area (TPSA) is 38.5 Å². The summed E-state index contributed by atoms with van der Waals surface area (Å²) < 4.78 is 5.59. The molecule has 3 heteroatoms. The number of rotatable bonds is 5. The van der Waals surface area contributed by atoms with Gasteiger partial charge in [-0.15, -0.1) is 0 Å². The fourth-order valence-corrected chi connectivity index (χ4v) is 2.65. The van der Waals surface area contributed by atoms with Gasteiger partial charge in [-0.05, 0) is 19.8 Å². The lowest BCUT2D eigenvalue weighted by Gasteiger charge is -2.46. The van der Waals surface area contributed by atoms with Crippen molar-refractivity contribution in [2.75, 3.05) is 26.2 Å². The van der Waals surface area contributed by atoms with Gasteiger partial charge in [0.05, 0.1) is 12.7 Å². The van der Waals surface area contributed by atoms with E-state index >= 15 is 0 Å². The molecule has 0 bridgehead atoms. The van der Waals surface area contributed by atoms with Crippen LogP contribution in [0.4, 0.5) is 0 Å². The van der Waals surface area contributed by atoms with Gasteiger partial charge in [-0.25, -0.2) is 0 Å². The SMILES string of the molecule is CCCC(CC)(CN)N1CCOC(C)C1. The standard InChI is InChI=1S/C12H26N2O/c1-4-6-12(5-2,10-13)14-7-8-15-11(3)9-14/h11H,4-10,13H2,1-3H3. The van der Waals surface area contributed by atoms with E-state index in [1.807, 2.05) is 0 Å². The fraction of sp³-hybridized carbons (Fsp3) is 1.00. The lowest BCUT2D eigenvalue weighted by molar-refractivity contribution is -0.0643. The Kier molecular flexibility index (Phi) is 5.03. The maximum Gasteiger partial charge on any atom is 0.0674 e. The van der Waals surface area contributed by atoms with Gasteiger partial charge < -0.3 is 10.5 Å². The maximum atomic E-state index is 6.00. The van der Waals surface area contributed by atoms with Gasteiger partial charge >= 0.3 is 0 Å². The molecular weight excluding hydrogens is 188 g/mol. The number of hydrogen-bond acceptors (Lipinski definition) is 3. The molecule has 1 aliphatic rings. The lowest BCUT2D eigenvalue weighted by Crippen LogP contribution is -2.58. The van der Waals surface area contributed by atoms with Crippen LogP contribution < -0.4 is 5.73 Å². The molecule has 0 saturated carbocycles. The average Bonchev–Trinajstić information content (AvgIpc) is 2.26. The molecule has 0 aromatic rings. The van der Waals surface area contributed by atoms with E-state index in [2.05, 4.69) is 25.7 Å². The van der Waals surface area contributed by atoms with Crippen molar-refractivity contribution < 1.29 is 4.74 Å². The number of hydrogen-bond donors (Lipinski definition) is 1. The molecule has 0 aromatic heterocycles. The smallest absolute Gasteiger partial charge is 0.0674 e. The average molecular weight is 214 g/mol. The van der Waals surface area contributed by atoms with Gasteiger partial charge in [0.1, 0.15) is 0 Å². The molecule has 1 rings (SSSR count). The highest BCUT2D eigenvalue weighted by molar-refractivity contribution is 4.92. The first-order valence-corrected chi connectivity index (χ1v) is 6.25. The minimum Gasteiger partial charge on any atom is -0.376 e. The van der Waals surface area contributed by atoms with E-state index in [-0.39, 0.29) is 5.54 Å². The summed E-state index contributed by atoms with van der Waals surface area (Å²) in [5, 5.41) is 0. The first-order valence-electron chi connectivity index (χ1n) is 6.25. The van der Waals surface area contributed by atoms with Crippen molar-refractivity contribution in [2.24, 2.45) is 5.73 Å². The van der Waals surface area contributed by atoms with Crippen molar-refractivity contribution in [1.29, 1.82) is 0 Å². The number of nitrogens with zero attached hydrogens (tertiary/aromatic N) is 1. The minimum absolute atomic E-state index is 0.215. The van der Waals surface area contributed by atoms with Crippen LogP contribution in [0.25, 0.3) is 0 Å². The van der Waals surface area contributed by atoms with Crippen molar-refractivity contribution in [3.8, 4) is 0 Å². The third kappa shape index (κ3) is 2.92. The lowest BCUT2D eigenvalue weighted by atomic mass is 9.88. The van der Waals surface area contributed by atoms with Crippen LogP contribution in [0.2, 0.25) is 0 Å². The molecular formula is C12H26N2O. The number of nitrogens with two attached hydrogens (primary N) is 1. The van der Waals surface area contributed by atoms with E-state index in [4.69, 9.17) is 10.5 Å². The van der Waals surface area contributed by atoms with Gasteiger partial charge in [-0.1, -0.05) is 20.3 Å². The normalized spacial score (nSPS) is 27.6. The van der Waals surface area contributed by atoms with Crippen LogP contribution in [0, 0.1) is 0 Å². The molecule has 1 heterocycles. The van der Waals surface area contributed by atoms with E-state index in [0.29, 0.717) is 6.10 Å². The predicted octanol–water partition coefficient (Wildman–Crippen LogP) is 1.61. The first kappa shape index (κ1) is 12.9. The molecule has 1 saturated heterocycles. The number of morpholine rings is 1. The zero-order valence-electron chi connectivity index (χ0n) is 10.5. The zero-order valence-corrected chi connectivity index (χ0v) is 10.5.